The molecule has 2 aliphatic heterocycles. The lowest BCUT2D eigenvalue weighted by molar-refractivity contribution is 0.247. The van der Waals surface area contributed by atoms with Crippen LogP contribution >= 0.6 is 0 Å². The van der Waals surface area contributed by atoms with Crippen LogP contribution in [0.5, 0.6) is 46.0 Å². The van der Waals surface area contributed by atoms with E-state index in [-0.39, 0.29) is 58.2 Å². The fraction of sp³-hybridized carbons (Fsp3) is 0.143. The molecule has 0 radical (unpaired) electrons. The van der Waals surface area contributed by atoms with Gasteiger partial charge >= 0.3 is 0 Å². The van der Waals surface area contributed by atoms with Crippen molar-refractivity contribution in [2.75, 3.05) is 13.2 Å². The topological polar surface area (TPSA) is 140 Å². The second-order valence-corrected chi connectivity index (χ2v) is 12.6. The molecule has 6 aromatic carbocycles. The van der Waals surface area contributed by atoms with Crippen molar-refractivity contribution in [1.82, 2.24) is 0 Å². The Morgan fingerprint density at radius 3 is 0.940 bits per heavy atom. The Bertz CT molecular complexity index is 1920. The zero-order valence-corrected chi connectivity index (χ0v) is 26.9. The van der Waals surface area contributed by atoms with E-state index in [1.165, 1.54) is 0 Å². The molecule has 8 nitrogen and oxygen atoms in total. The first-order valence-electron chi connectivity index (χ1n) is 16.3. The number of hydrogen-bond donors (Lipinski definition) is 6. The fourth-order valence-corrected chi connectivity index (χ4v) is 7.00. The van der Waals surface area contributed by atoms with E-state index >= 15 is 0 Å². The maximum absolute atomic E-state index is 9.75. The lowest BCUT2D eigenvalue weighted by atomic mass is 9.76. The minimum atomic E-state index is 0.0227. The molecule has 252 valence electrons. The van der Waals surface area contributed by atoms with Gasteiger partial charge < -0.3 is 40.1 Å². The van der Waals surface area contributed by atoms with E-state index in [1.54, 1.807) is 72.8 Å². The van der Waals surface area contributed by atoms with Gasteiger partial charge in [0, 0.05) is 46.9 Å². The van der Waals surface area contributed by atoms with Crippen molar-refractivity contribution in [1.29, 1.82) is 0 Å². The molecule has 0 aliphatic carbocycles. The van der Waals surface area contributed by atoms with Crippen LogP contribution in [0.3, 0.4) is 0 Å². The third-order valence-electron chi connectivity index (χ3n) is 9.45. The minimum Gasteiger partial charge on any atom is -0.508 e. The average molecular weight is 669 g/mol. The Morgan fingerprint density at radius 2 is 0.620 bits per heavy atom. The Hall–Kier alpha value is -6.28. The minimum absolute atomic E-state index is 0.0227. The van der Waals surface area contributed by atoms with Crippen LogP contribution in [-0.2, 0) is 0 Å². The quantitative estimate of drug-likeness (QED) is 0.110. The summed E-state index contributed by atoms with van der Waals surface area (Å²) in [5.41, 5.74) is 6.24. The Morgan fingerprint density at radius 1 is 0.340 bits per heavy atom. The summed E-state index contributed by atoms with van der Waals surface area (Å²) in [6.07, 6.45) is 0. The SMILES string of the molecule is Oc1ccc([C@H]2c3ccc(O)cc3OC[C@H]2c2ccc(O)cc2)cc1.Oc1ccc([C@H]2c3ccc(O)cc3OC[C@H]2c2ccc(O)cc2)cc1. The van der Waals surface area contributed by atoms with Crippen LogP contribution in [0.25, 0.3) is 0 Å². The van der Waals surface area contributed by atoms with Crippen LogP contribution in [0.15, 0.2) is 133 Å². The Kier molecular flexibility index (Phi) is 8.83. The highest BCUT2D eigenvalue weighted by atomic mass is 16.5. The van der Waals surface area contributed by atoms with Crippen LogP contribution in [0.4, 0.5) is 0 Å². The zero-order valence-electron chi connectivity index (χ0n) is 26.9. The molecule has 0 fully saturated rings. The Labute approximate surface area is 289 Å². The van der Waals surface area contributed by atoms with E-state index < -0.39 is 0 Å². The lowest BCUT2D eigenvalue weighted by Crippen LogP contribution is -2.25. The molecular formula is C42H36O8. The van der Waals surface area contributed by atoms with E-state index in [0.717, 1.165) is 33.4 Å². The average Bonchev–Trinajstić information content (AvgIpc) is 3.12. The molecule has 0 amide bonds. The highest BCUT2D eigenvalue weighted by Crippen LogP contribution is 2.48. The normalized spacial score (nSPS) is 19.0. The monoisotopic (exact) mass is 668 g/mol. The van der Waals surface area contributed by atoms with Gasteiger partial charge in [0.25, 0.3) is 0 Å². The molecule has 6 N–H and O–H groups in total. The van der Waals surface area contributed by atoms with Gasteiger partial charge in [-0.2, -0.15) is 0 Å². The number of aromatic hydroxyl groups is 6. The Balaban J connectivity index is 0.000000157. The second-order valence-electron chi connectivity index (χ2n) is 12.6. The molecular weight excluding hydrogens is 632 g/mol. The van der Waals surface area contributed by atoms with E-state index in [2.05, 4.69) is 0 Å². The predicted octanol–water partition coefficient (Wildman–Crippen LogP) is 8.22. The van der Waals surface area contributed by atoms with E-state index in [9.17, 15) is 30.6 Å². The number of phenols is 6. The summed E-state index contributed by atoms with van der Waals surface area (Å²) in [6.45, 7) is 0.930. The number of hydrogen-bond acceptors (Lipinski definition) is 8. The molecule has 4 atom stereocenters. The summed E-state index contributed by atoms with van der Waals surface area (Å²) >= 11 is 0. The highest BCUT2D eigenvalue weighted by Gasteiger charge is 2.35. The molecule has 0 bridgehead atoms. The van der Waals surface area contributed by atoms with Crippen molar-refractivity contribution in [3.8, 4) is 46.0 Å². The van der Waals surface area contributed by atoms with E-state index in [4.69, 9.17) is 9.47 Å². The van der Waals surface area contributed by atoms with Crippen LogP contribution in [0.2, 0.25) is 0 Å². The van der Waals surface area contributed by atoms with E-state index in [1.807, 2.05) is 60.7 Å². The molecule has 50 heavy (non-hydrogen) atoms. The van der Waals surface area contributed by atoms with Gasteiger partial charge in [-0.3, -0.25) is 0 Å². The standard InChI is InChI=1S/2C21H18O4/c2*22-15-5-1-13(2-6-15)19-12-25-20-11-17(24)9-10-18(20)21(19)14-3-7-16(23)8-4-14/h2*1-11,19,21-24H,12H2/t2*19-,21-/m00/s1. The smallest absolute Gasteiger partial charge is 0.126 e. The van der Waals surface area contributed by atoms with Crippen molar-refractivity contribution in [2.45, 2.75) is 23.7 Å². The third-order valence-corrected chi connectivity index (χ3v) is 9.45. The summed E-state index contributed by atoms with van der Waals surface area (Å²) in [4.78, 5) is 0. The van der Waals surface area contributed by atoms with Gasteiger partial charge in [0.05, 0.1) is 13.2 Å². The second kappa shape index (κ2) is 13.7. The van der Waals surface area contributed by atoms with Gasteiger partial charge in [-0.15, -0.1) is 0 Å². The van der Waals surface area contributed by atoms with Crippen molar-refractivity contribution in [3.05, 3.63) is 167 Å². The van der Waals surface area contributed by atoms with Gasteiger partial charge in [-0.1, -0.05) is 60.7 Å². The third kappa shape index (κ3) is 6.69. The van der Waals surface area contributed by atoms with E-state index in [0.29, 0.717) is 24.7 Å². The highest BCUT2D eigenvalue weighted by molar-refractivity contribution is 5.52. The molecule has 8 heteroatoms. The molecule has 8 rings (SSSR count). The van der Waals surface area contributed by atoms with Crippen LogP contribution in [0, 0.1) is 0 Å². The van der Waals surface area contributed by atoms with Crippen molar-refractivity contribution in [2.24, 2.45) is 0 Å². The van der Waals surface area contributed by atoms with Gasteiger partial charge in [0.1, 0.15) is 46.0 Å². The van der Waals surface area contributed by atoms with Crippen LogP contribution in [-0.4, -0.2) is 43.9 Å². The van der Waals surface area contributed by atoms with Gasteiger partial charge in [-0.05, 0) is 82.9 Å². The van der Waals surface area contributed by atoms with Gasteiger partial charge in [0.2, 0.25) is 0 Å². The first-order valence-corrected chi connectivity index (χ1v) is 16.3. The molecule has 2 heterocycles. The molecule has 6 aromatic rings. The van der Waals surface area contributed by atoms with Crippen molar-refractivity contribution in [3.63, 3.8) is 0 Å². The number of rotatable bonds is 4. The molecule has 0 saturated heterocycles. The summed E-state index contributed by atoms with van der Waals surface area (Å²) in [7, 11) is 0. The van der Waals surface area contributed by atoms with Crippen LogP contribution < -0.4 is 9.47 Å². The number of benzene rings is 6. The lowest BCUT2D eigenvalue weighted by Gasteiger charge is -2.34. The summed E-state index contributed by atoms with van der Waals surface area (Å²) < 4.78 is 11.8. The largest absolute Gasteiger partial charge is 0.508 e. The number of ether oxygens (including phenoxy) is 2. The van der Waals surface area contributed by atoms with Gasteiger partial charge in [0.15, 0.2) is 0 Å². The maximum atomic E-state index is 9.75. The number of fused-ring (bicyclic) bond motifs is 2. The van der Waals surface area contributed by atoms with Gasteiger partial charge in [-0.25, -0.2) is 0 Å². The molecule has 0 spiro atoms. The number of phenolic OH excluding ortho intramolecular Hbond substituents is 6. The van der Waals surface area contributed by atoms with Crippen LogP contribution in [0.1, 0.15) is 57.1 Å². The summed E-state index contributed by atoms with van der Waals surface area (Å²) in [6, 6.07) is 39.0. The first kappa shape index (κ1) is 32.3. The fourth-order valence-electron chi connectivity index (χ4n) is 7.00. The summed E-state index contributed by atoms with van der Waals surface area (Å²) in [5, 5.41) is 57.9. The van der Waals surface area contributed by atoms with Crippen molar-refractivity contribution >= 4 is 0 Å². The summed E-state index contributed by atoms with van der Waals surface area (Å²) in [5.74, 6) is 2.76. The predicted molar refractivity (Wildman–Crippen MR) is 189 cm³/mol. The maximum Gasteiger partial charge on any atom is 0.126 e. The first-order chi connectivity index (χ1) is 24.2. The molecule has 2 aliphatic rings. The molecule has 0 unspecified atom stereocenters. The molecule has 0 saturated carbocycles. The van der Waals surface area contributed by atoms with Crippen molar-refractivity contribution < 1.29 is 40.1 Å². The zero-order chi connectivity index (χ0) is 34.8. The molecule has 0 aromatic heterocycles.